The van der Waals surface area contributed by atoms with Crippen molar-refractivity contribution in [1.82, 2.24) is 15.5 Å². The molecule has 0 aliphatic carbocycles. The van der Waals surface area contributed by atoms with Gasteiger partial charge in [0.1, 0.15) is 0 Å². The molecule has 2 N–H and O–H groups in total. The van der Waals surface area contributed by atoms with Crippen LogP contribution in [0.4, 0.5) is 0 Å². The minimum Gasteiger partial charge on any atom is -0.356 e. The summed E-state index contributed by atoms with van der Waals surface area (Å²) in [6, 6.07) is 0. The maximum absolute atomic E-state index is 4.45. The minimum atomic E-state index is -0.387. The molecule has 0 amide bonds. The van der Waals surface area contributed by atoms with E-state index in [-0.39, 0.29) is 5.66 Å². The molecule has 0 bridgehead atoms. The van der Waals surface area contributed by atoms with Gasteiger partial charge in [-0.3, -0.25) is 5.32 Å². The van der Waals surface area contributed by atoms with E-state index in [9.17, 15) is 0 Å². The van der Waals surface area contributed by atoms with Crippen LogP contribution < -0.4 is 10.6 Å². The lowest BCUT2D eigenvalue weighted by Gasteiger charge is -2.28. The second-order valence-corrected chi connectivity index (χ2v) is 3.94. The van der Waals surface area contributed by atoms with Gasteiger partial charge < -0.3 is 10.2 Å². The van der Waals surface area contributed by atoms with Crippen molar-refractivity contribution in [1.29, 1.82) is 0 Å². The fraction of sp³-hybridized carbons (Fsp3) is 0.778. The van der Waals surface area contributed by atoms with Crippen LogP contribution in [0.15, 0.2) is 9.98 Å². The predicted octanol–water partition coefficient (Wildman–Crippen LogP) is 0.209. The molecule has 0 aromatic heterocycles. The number of guanidine groups is 2. The maximum atomic E-state index is 4.45. The van der Waals surface area contributed by atoms with Crippen LogP contribution in [0.1, 0.15) is 20.8 Å². The zero-order chi connectivity index (χ0) is 10.8. The second-order valence-electron chi connectivity index (χ2n) is 3.94. The van der Waals surface area contributed by atoms with Gasteiger partial charge >= 0.3 is 0 Å². The molecule has 0 saturated carbocycles. The van der Waals surface area contributed by atoms with E-state index < -0.39 is 0 Å². The summed E-state index contributed by atoms with van der Waals surface area (Å²) in [6.07, 6.45) is 0. The van der Waals surface area contributed by atoms with Crippen LogP contribution in [-0.2, 0) is 0 Å². The highest BCUT2D eigenvalue weighted by molar-refractivity contribution is 6.00. The Morgan fingerprint density at radius 3 is 2.50 bits per heavy atom. The Bertz CT molecular complexity index is 264. The number of nitrogens with zero attached hydrogens (tertiary/aromatic N) is 3. The highest BCUT2D eigenvalue weighted by Gasteiger charge is 2.23. The van der Waals surface area contributed by atoms with Crippen LogP contribution >= 0.6 is 0 Å². The number of nitrogens with one attached hydrogen (secondary N) is 2. The standard InChI is InChI=1S/C9H19N5/c1-6-10-7-11-8(14(4)5)13-9(2,3)12-7/h6H2,1-5H3,(H2,10,11,12,13). The Kier molecular flexibility index (Phi) is 2.98. The zero-order valence-corrected chi connectivity index (χ0v) is 9.55. The molecule has 1 aliphatic heterocycles. The van der Waals surface area contributed by atoms with Crippen LogP contribution in [0.3, 0.4) is 0 Å². The molecule has 0 radical (unpaired) electrons. The quantitative estimate of drug-likeness (QED) is 0.632. The van der Waals surface area contributed by atoms with Gasteiger partial charge in [0.25, 0.3) is 0 Å². The first-order valence-electron chi connectivity index (χ1n) is 4.82. The molecule has 0 unspecified atom stereocenters. The van der Waals surface area contributed by atoms with Crippen molar-refractivity contribution in [2.75, 3.05) is 20.6 Å². The van der Waals surface area contributed by atoms with Crippen LogP contribution in [0.5, 0.6) is 0 Å². The number of hydrogen-bond donors (Lipinski definition) is 2. The molecule has 5 nitrogen and oxygen atoms in total. The van der Waals surface area contributed by atoms with Crippen molar-refractivity contribution in [2.24, 2.45) is 9.98 Å². The monoisotopic (exact) mass is 197 g/mol. The summed E-state index contributed by atoms with van der Waals surface area (Å²) in [4.78, 5) is 10.8. The number of aliphatic imine (C=N–C) groups is 2. The van der Waals surface area contributed by atoms with Crippen molar-refractivity contribution >= 4 is 11.9 Å². The largest absolute Gasteiger partial charge is 0.356 e. The van der Waals surface area contributed by atoms with E-state index in [0.717, 1.165) is 18.5 Å². The number of hydrogen-bond acceptors (Lipinski definition) is 5. The van der Waals surface area contributed by atoms with Crippen molar-refractivity contribution in [2.45, 2.75) is 26.4 Å². The SMILES string of the molecule is CCNC1=NC(C)(C)N=C(N(C)C)N1. The second kappa shape index (κ2) is 3.86. The van der Waals surface area contributed by atoms with E-state index >= 15 is 0 Å². The Labute approximate surface area is 85.3 Å². The molecule has 0 spiro atoms. The van der Waals surface area contributed by atoms with E-state index in [1.165, 1.54) is 0 Å². The van der Waals surface area contributed by atoms with Gasteiger partial charge in [0.15, 0.2) is 5.66 Å². The molecule has 80 valence electrons. The van der Waals surface area contributed by atoms with E-state index in [1.54, 1.807) is 0 Å². The lowest BCUT2D eigenvalue weighted by Crippen LogP contribution is -2.51. The molecule has 0 aromatic carbocycles. The fourth-order valence-corrected chi connectivity index (χ4v) is 1.18. The van der Waals surface area contributed by atoms with Crippen LogP contribution in [0.2, 0.25) is 0 Å². The minimum absolute atomic E-state index is 0.387. The summed E-state index contributed by atoms with van der Waals surface area (Å²) in [6.45, 7) is 6.85. The fourth-order valence-electron chi connectivity index (χ4n) is 1.18. The first-order chi connectivity index (χ1) is 6.44. The molecule has 0 aromatic rings. The zero-order valence-electron chi connectivity index (χ0n) is 9.55. The first-order valence-corrected chi connectivity index (χ1v) is 4.82. The Morgan fingerprint density at radius 2 is 2.00 bits per heavy atom. The van der Waals surface area contributed by atoms with Gasteiger partial charge in [0.2, 0.25) is 11.9 Å². The van der Waals surface area contributed by atoms with Crippen LogP contribution in [0.25, 0.3) is 0 Å². The van der Waals surface area contributed by atoms with E-state index in [0.29, 0.717) is 0 Å². The topological polar surface area (TPSA) is 52.0 Å². The molecule has 0 atom stereocenters. The Balaban J connectivity index is 2.82. The van der Waals surface area contributed by atoms with Gasteiger partial charge in [-0.2, -0.15) is 0 Å². The molecule has 0 fully saturated rings. The van der Waals surface area contributed by atoms with E-state index in [2.05, 4.69) is 20.6 Å². The third-order valence-electron chi connectivity index (χ3n) is 1.76. The van der Waals surface area contributed by atoms with Gasteiger partial charge in [-0.1, -0.05) is 0 Å². The third kappa shape index (κ3) is 2.61. The maximum Gasteiger partial charge on any atom is 0.202 e. The highest BCUT2D eigenvalue weighted by Crippen LogP contribution is 2.13. The van der Waals surface area contributed by atoms with Gasteiger partial charge in [-0.15, -0.1) is 0 Å². The van der Waals surface area contributed by atoms with E-state index in [4.69, 9.17) is 0 Å². The van der Waals surface area contributed by atoms with Gasteiger partial charge in [-0.05, 0) is 20.8 Å². The highest BCUT2D eigenvalue weighted by atomic mass is 15.4. The third-order valence-corrected chi connectivity index (χ3v) is 1.76. The molecular formula is C9H19N5. The van der Waals surface area contributed by atoms with Crippen LogP contribution in [-0.4, -0.2) is 43.1 Å². The Morgan fingerprint density at radius 1 is 1.36 bits per heavy atom. The summed E-state index contributed by atoms with van der Waals surface area (Å²) in [5.41, 5.74) is -0.387. The summed E-state index contributed by atoms with van der Waals surface area (Å²) in [5.74, 6) is 1.62. The van der Waals surface area contributed by atoms with E-state index in [1.807, 2.05) is 39.8 Å². The predicted molar refractivity (Wildman–Crippen MR) is 59.4 cm³/mol. The molecule has 14 heavy (non-hydrogen) atoms. The lowest BCUT2D eigenvalue weighted by molar-refractivity contribution is 0.500. The first kappa shape index (κ1) is 10.8. The summed E-state index contributed by atoms with van der Waals surface area (Å²) in [7, 11) is 3.91. The van der Waals surface area contributed by atoms with Crippen molar-refractivity contribution < 1.29 is 0 Å². The summed E-state index contributed by atoms with van der Waals surface area (Å²) < 4.78 is 0. The molecular weight excluding hydrogens is 178 g/mol. The summed E-state index contributed by atoms with van der Waals surface area (Å²) >= 11 is 0. The smallest absolute Gasteiger partial charge is 0.202 e. The lowest BCUT2D eigenvalue weighted by atomic mass is 10.2. The number of rotatable bonds is 1. The average molecular weight is 197 g/mol. The molecule has 5 heteroatoms. The molecule has 0 saturated heterocycles. The van der Waals surface area contributed by atoms with Crippen molar-refractivity contribution in [3.05, 3.63) is 0 Å². The molecule has 1 heterocycles. The van der Waals surface area contributed by atoms with Gasteiger partial charge in [0, 0.05) is 20.6 Å². The van der Waals surface area contributed by atoms with Gasteiger partial charge in [-0.25, -0.2) is 9.98 Å². The normalized spacial score (nSPS) is 19.2. The van der Waals surface area contributed by atoms with Crippen molar-refractivity contribution in [3.63, 3.8) is 0 Å². The average Bonchev–Trinajstić information content (AvgIpc) is 2.01. The Hall–Kier alpha value is -1.26. The van der Waals surface area contributed by atoms with Crippen molar-refractivity contribution in [3.8, 4) is 0 Å². The van der Waals surface area contributed by atoms with Gasteiger partial charge in [0.05, 0.1) is 0 Å². The summed E-state index contributed by atoms with van der Waals surface area (Å²) in [5, 5.41) is 6.28. The molecule has 1 rings (SSSR count). The van der Waals surface area contributed by atoms with Crippen LogP contribution in [0, 0.1) is 0 Å². The molecule has 1 aliphatic rings.